The molecule has 126 valence electrons. The average molecular weight is 325 g/mol. The minimum Gasteiger partial charge on any atom is -0.344 e. The Morgan fingerprint density at radius 1 is 1.12 bits per heavy atom. The van der Waals surface area contributed by atoms with Crippen molar-refractivity contribution < 1.29 is 9.59 Å². The van der Waals surface area contributed by atoms with Crippen molar-refractivity contribution in [3.63, 3.8) is 0 Å². The van der Waals surface area contributed by atoms with E-state index in [1.54, 1.807) is 17.0 Å². The molecule has 1 unspecified atom stereocenters. The van der Waals surface area contributed by atoms with Gasteiger partial charge in [-0.1, -0.05) is 30.3 Å². The van der Waals surface area contributed by atoms with Crippen LogP contribution in [0.25, 0.3) is 0 Å². The van der Waals surface area contributed by atoms with Gasteiger partial charge in [-0.2, -0.15) is 0 Å². The molecule has 5 nitrogen and oxygen atoms in total. The Morgan fingerprint density at radius 2 is 1.79 bits per heavy atom. The fourth-order valence-corrected chi connectivity index (χ4v) is 2.48. The lowest BCUT2D eigenvalue weighted by molar-refractivity contribution is 0.0773. The van der Waals surface area contributed by atoms with Gasteiger partial charge in [-0.15, -0.1) is 0 Å². The fourth-order valence-electron chi connectivity index (χ4n) is 2.48. The first kappa shape index (κ1) is 17.7. The maximum atomic E-state index is 12.4. The summed E-state index contributed by atoms with van der Waals surface area (Å²) in [6, 6.07) is 12.8. The topological polar surface area (TPSA) is 62.3 Å². The number of carbonyl (C=O) groups is 2. The lowest BCUT2D eigenvalue weighted by Crippen LogP contribution is -2.31. The van der Waals surface area contributed by atoms with Crippen LogP contribution in [0.5, 0.6) is 0 Å². The summed E-state index contributed by atoms with van der Waals surface area (Å²) < 4.78 is 0. The molecule has 1 heterocycles. The second-order valence-corrected chi connectivity index (χ2v) is 5.51. The zero-order valence-corrected chi connectivity index (χ0v) is 14.3. The molecular weight excluding hydrogens is 302 g/mol. The van der Waals surface area contributed by atoms with Gasteiger partial charge in [-0.05, 0) is 38.5 Å². The summed E-state index contributed by atoms with van der Waals surface area (Å²) >= 11 is 0. The van der Waals surface area contributed by atoms with Crippen molar-refractivity contribution >= 4 is 11.8 Å². The van der Waals surface area contributed by atoms with E-state index in [2.05, 4.69) is 10.3 Å². The van der Waals surface area contributed by atoms with Crippen molar-refractivity contribution in [3.05, 3.63) is 65.5 Å². The molecule has 0 aliphatic carbocycles. The first-order valence-corrected chi connectivity index (χ1v) is 8.18. The molecule has 2 amide bonds. The zero-order valence-electron chi connectivity index (χ0n) is 14.3. The minimum absolute atomic E-state index is 0.0902. The van der Waals surface area contributed by atoms with E-state index in [0.717, 1.165) is 5.56 Å². The van der Waals surface area contributed by atoms with E-state index in [1.807, 2.05) is 51.1 Å². The van der Waals surface area contributed by atoms with Crippen LogP contribution in [0.4, 0.5) is 0 Å². The van der Waals surface area contributed by atoms with E-state index in [-0.39, 0.29) is 23.6 Å². The van der Waals surface area contributed by atoms with Gasteiger partial charge in [-0.3, -0.25) is 14.6 Å². The highest BCUT2D eigenvalue weighted by atomic mass is 16.2. The Morgan fingerprint density at radius 3 is 2.42 bits per heavy atom. The quantitative estimate of drug-likeness (QED) is 0.888. The van der Waals surface area contributed by atoms with Gasteiger partial charge in [0.15, 0.2) is 0 Å². The maximum absolute atomic E-state index is 12.4. The molecule has 1 aromatic carbocycles. The van der Waals surface area contributed by atoms with Crippen LogP contribution in [0.1, 0.15) is 53.2 Å². The van der Waals surface area contributed by atoms with Crippen LogP contribution in [0, 0.1) is 0 Å². The number of nitrogens with zero attached hydrogens (tertiary/aromatic N) is 2. The molecule has 0 aliphatic rings. The first-order chi connectivity index (χ1) is 11.6. The molecule has 1 atom stereocenters. The van der Waals surface area contributed by atoms with Gasteiger partial charge in [0.2, 0.25) is 0 Å². The third kappa shape index (κ3) is 4.19. The molecular formula is C19H23N3O2. The zero-order chi connectivity index (χ0) is 17.5. The van der Waals surface area contributed by atoms with Gasteiger partial charge in [0.25, 0.3) is 11.8 Å². The van der Waals surface area contributed by atoms with Crippen LogP contribution in [-0.2, 0) is 0 Å². The van der Waals surface area contributed by atoms with Gasteiger partial charge in [-0.25, -0.2) is 0 Å². The van der Waals surface area contributed by atoms with E-state index in [0.29, 0.717) is 18.7 Å². The second kappa shape index (κ2) is 8.24. The lowest BCUT2D eigenvalue weighted by atomic mass is 10.1. The van der Waals surface area contributed by atoms with Crippen molar-refractivity contribution in [2.75, 3.05) is 13.1 Å². The molecule has 1 N–H and O–H groups in total. The SMILES string of the molecule is CCN(CC)C(=O)c1ccnc(C(=O)NC(C)c2ccccc2)c1. The van der Waals surface area contributed by atoms with E-state index >= 15 is 0 Å². The number of carbonyl (C=O) groups excluding carboxylic acids is 2. The average Bonchev–Trinajstić information content (AvgIpc) is 2.63. The van der Waals surface area contributed by atoms with Gasteiger partial charge in [0.1, 0.15) is 5.69 Å². The summed E-state index contributed by atoms with van der Waals surface area (Å²) in [7, 11) is 0. The number of amides is 2. The van der Waals surface area contributed by atoms with Crippen molar-refractivity contribution in [2.45, 2.75) is 26.8 Å². The van der Waals surface area contributed by atoms with Gasteiger partial charge >= 0.3 is 0 Å². The largest absolute Gasteiger partial charge is 0.344 e. The molecule has 0 bridgehead atoms. The highest BCUT2D eigenvalue weighted by Crippen LogP contribution is 2.13. The highest BCUT2D eigenvalue weighted by molar-refractivity contribution is 5.98. The van der Waals surface area contributed by atoms with Crippen molar-refractivity contribution in [1.82, 2.24) is 15.2 Å². The normalized spacial score (nSPS) is 11.6. The summed E-state index contributed by atoms with van der Waals surface area (Å²) in [6.45, 7) is 7.03. The summed E-state index contributed by atoms with van der Waals surface area (Å²) in [4.78, 5) is 30.6. The Kier molecular flexibility index (Phi) is 6.07. The van der Waals surface area contributed by atoms with Crippen LogP contribution in [0.3, 0.4) is 0 Å². The van der Waals surface area contributed by atoms with Crippen LogP contribution in [-0.4, -0.2) is 34.8 Å². The summed E-state index contributed by atoms with van der Waals surface area (Å²) in [6.07, 6.45) is 1.50. The molecule has 5 heteroatoms. The van der Waals surface area contributed by atoms with Gasteiger partial charge < -0.3 is 10.2 Å². The third-order valence-electron chi connectivity index (χ3n) is 3.94. The molecule has 2 rings (SSSR count). The summed E-state index contributed by atoms with van der Waals surface area (Å²) in [5.41, 5.74) is 1.74. The third-order valence-corrected chi connectivity index (χ3v) is 3.94. The second-order valence-electron chi connectivity index (χ2n) is 5.51. The number of aromatic nitrogens is 1. The Labute approximate surface area is 142 Å². The smallest absolute Gasteiger partial charge is 0.270 e. The molecule has 2 aromatic rings. The summed E-state index contributed by atoms with van der Waals surface area (Å²) in [5.74, 6) is -0.381. The minimum atomic E-state index is -0.291. The van der Waals surface area contributed by atoms with Gasteiger partial charge in [0.05, 0.1) is 6.04 Å². The van der Waals surface area contributed by atoms with Crippen molar-refractivity contribution in [2.24, 2.45) is 0 Å². The van der Waals surface area contributed by atoms with Crippen LogP contribution < -0.4 is 5.32 Å². The molecule has 0 saturated carbocycles. The molecule has 0 aliphatic heterocycles. The van der Waals surface area contributed by atoms with Crippen LogP contribution in [0.2, 0.25) is 0 Å². The van der Waals surface area contributed by atoms with Crippen molar-refractivity contribution in [3.8, 4) is 0 Å². The molecule has 0 radical (unpaired) electrons. The number of hydrogen-bond donors (Lipinski definition) is 1. The molecule has 0 fully saturated rings. The monoisotopic (exact) mass is 325 g/mol. The number of nitrogens with one attached hydrogen (secondary N) is 1. The highest BCUT2D eigenvalue weighted by Gasteiger charge is 2.17. The maximum Gasteiger partial charge on any atom is 0.270 e. The Balaban J connectivity index is 2.13. The van der Waals surface area contributed by atoms with Crippen molar-refractivity contribution in [1.29, 1.82) is 0 Å². The Hall–Kier alpha value is -2.69. The van der Waals surface area contributed by atoms with Crippen LogP contribution in [0.15, 0.2) is 48.7 Å². The van der Waals surface area contributed by atoms with Crippen LogP contribution >= 0.6 is 0 Å². The van der Waals surface area contributed by atoms with E-state index in [4.69, 9.17) is 0 Å². The predicted octanol–water partition coefficient (Wildman–Crippen LogP) is 3.05. The number of benzene rings is 1. The number of hydrogen-bond acceptors (Lipinski definition) is 3. The fraction of sp³-hybridized carbons (Fsp3) is 0.316. The van der Waals surface area contributed by atoms with Gasteiger partial charge in [0, 0.05) is 24.8 Å². The van der Waals surface area contributed by atoms with E-state index in [1.165, 1.54) is 6.20 Å². The van der Waals surface area contributed by atoms with E-state index < -0.39 is 0 Å². The first-order valence-electron chi connectivity index (χ1n) is 8.18. The lowest BCUT2D eigenvalue weighted by Gasteiger charge is -2.19. The standard InChI is InChI=1S/C19H23N3O2/c1-4-22(5-2)19(24)16-11-12-20-17(13-16)18(23)21-14(3)15-9-7-6-8-10-15/h6-14H,4-5H2,1-3H3,(H,21,23). The Bertz CT molecular complexity index is 697. The molecule has 24 heavy (non-hydrogen) atoms. The number of rotatable bonds is 6. The predicted molar refractivity (Wildman–Crippen MR) is 93.8 cm³/mol. The number of pyridine rings is 1. The molecule has 0 saturated heterocycles. The molecule has 1 aromatic heterocycles. The molecule has 0 spiro atoms. The van der Waals surface area contributed by atoms with E-state index in [9.17, 15) is 9.59 Å². The summed E-state index contributed by atoms with van der Waals surface area (Å²) in [5, 5.41) is 2.91.